The molecule has 288 valence electrons. The molecule has 5 aliphatic carbocycles. The fourth-order valence-corrected chi connectivity index (χ4v) is 12.9. The number of halogens is 1. The van der Waals surface area contributed by atoms with Crippen molar-refractivity contribution in [1.82, 2.24) is 10.2 Å². The second-order valence-electron chi connectivity index (χ2n) is 19.5. The van der Waals surface area contributed by atoms with Gasteiger partial charge in [0.2, 0.25) is 5.89 Å². The van der Waals surface area contributed by atoms with Gasteiger partial charge in [-0.3, -0.25) is 14.4 Å². The fraction of sp³-hybridized carbons (Fsp3) is 0.698. The number of hydrogen-bond acceptors (Lipinski definition) is 8. The maximum atomic E-state index is 14.1. The van der Waals surface area contributed by atoms with Crippen LogP contribution in [0.1, 0.15) is 127 Å². The molecule has 7 rings (SSSR count). The number of benzene rings is 1. The van der Waals surface area contributed by atoms with Crippen molar-refractivity contribution in [2.24, 2.45) is 50.7 Å². The number of ketones is 1. The molecule has 1 aromatic heterocycles. The number of aromatic nitrogens is 2. The molecule has 0 amide bonds. The fourth-order valence-electron chi connectivity index (χ4n) is 12.8. The first-order valence-electron chi connectivity index (χ1n) is 19.8. The summed E-state index contributed by atoms with van der Waals surface area (Å²) in [6.45, 7) is 19.6. The quantitative estimate of drug-likeness (QED) is 0.253. The van der Waals surface area contributed by atoms with E-state index in [-0.39, 0.29) is 51.8 Å². The highest BCUT2D eigenvalue weighted by Crippen LogP contribution is 2.76. The lowest BCUT2D eigenvalue weighted by Gasteiger charge is -2.72. The minimum atomic E-state index is -1.17. The normalized spacial score (nSPS) is 36.3. The first-order chi connectivity index (χ1) is 24.7. The summed E-state index contributed by atoms with van der Waals surface area (Å²) >= 11 is 6.12. The third-order valence-corrected chi connectivity index (χ3v) is 15.9. The lowest BCUT2D eigenvalue weighted by molar-refractivity contribution is -0.231. The molecule has 8 atom stereocenters. The number of carbonyl (C=O) groups excluding carboxylic acids is 2. The predicted molar refractivity (Wildman–Crippen MR) is 204 cm³/mol. The Labute approximate surface area is 319 Å². The van der Waals surface area contributed by atoms with Gasteiger partial charge in [-0.15, -0.1) is 5.10 Å². The molecule has 0 spiro atoms. The van der Waals surface area contributed by atoms with E-state index in [1.54, 1.807) is 26.0 Å². The van der Waals surface area contributed by atoms with Crippen molar-refractivity contribution in [3.8, 4) is 11.5 Å². The standard InChI is InChI=1S/C43H58ClN3O6/c1-24(2)33-28(48)22-43(45-37-47-46-35(53-37)25-10-12-26(44)13-11-25)21-20-41(8)27(34(33)43)14-15-30-40(7)18-17-31(52-32(49)23-38(3,4)36(50)51)39(5,6)29(40)16-19-42(30,41)9/h10-13,24,27,29-31H,14-23H2,1-9H3,(H,45,47)(H,50,51)/t27-,29+,30-,31+,40+,41-,42-,43-/m1/s1. The number of anilines is 1. The summed E-state index contributed by atoms with van der Waals surface area (Å²) in [5.74, 6) is 0.424. The van der Waals surface area contributed by atoms with Crippen LogP contribution in [-0.2, 0) is 19.1 Å². The van der Waals surface area contributed by atoms with Gasteiger partial charge in [0, 0.05) is 22.4 Å². The van der Waals surface area contributed by atoms with Gasteiger partial charge in [0.1, 0.15) is 6.10 Å². The molecule has 0 bridgehead atoms. The average molecular weight is 748 g/mol. The van der Waals surface area contributed by atoms with E-state index >= 15 is 0 Å². The molecule has 9 nitrogen and oxygen atoms in total. The van der Waals surface area contributed by atoms with Gasteiger partial charge in [-0.1, -0.05) is 65.2 Å². The number of esters is 1. The molecule has 1 heterocycles. The molecular formula is C43H58ClN3O6. The molecule has 2 aromatic rings. The van der Waals surface area contributed by atoms with Gasteiger partial charge in [-0.05, 0) is 141 Å². The van der Waals surface area contributed by atoms with Crippen molar-refractivity contribution in [1.29, 1.82) is 0 Å². The average Bonchev–Trinajstić information content (AvgIpc) is 3.64. The van der Waals surface area contributed by atoms with E-state index in [4.69, 9.17) is 20.8 Å². The summed E-state index contributed by atoms with van der Waals surface area (Å²) < 4.78 is 12.4. The SMILES string of the molecule is CC(C)C1=C2[C@H]3CC[C@@H]4[C@@]5(C)CC[C@H](OC(=O)CC(C)(C)C(=O)O)C(C)(C)[C@@H]5CC[C@@]4(C)[C@]3(C)CC[C@@]2(Nc2nnc(-c3ccc(Cl)cc3)o2)CC1=O. The van der Waals surface area contributed by atoms with E-state index in [2.05, 4.69) is 64.0 Å². The van der Waals surface area contributed by atoms with Crippen molar-refractivity contribution in [2.75, 3.05) is 5.32 Å². The number of ether oxygens (including phenoxy) is 1. The van der Waals surface area contributed by atoms with E-state index < -0.39 is 22.9 Å². The molecule has 0 saturated heterocycles. The van der Waals surface area contributed by atoms with E-state index in [1.165, 1.54) is 5.57 Å². The number of carboxylic acid groups (broad SMARTS) is 1. The van der Waals surface area contributed by atoms with E-state index in [0.717, 1.165) is 62.5 Å². The smallest absolute Gasteiger partial charge is 0.316 e. The zero-order valence-electron chi connectivity index (χ0n) is 33.0. The number of nitrogens with zero attached hydrogens (tertiary/aromatic N) is 2. The molecule has 5 aliphatic rings. The summed E-state index contributed by atoms with van der Waals surface area (Å²) in [4.78, 5) is 38.9. The number of carboxylic acids is 1. The lowest BCUT2D eigenvalue weighted by Crippen LogP contribution is -2.66. The first kappa shape index (κ1) is 38.1. The third-order valence-electron chi connectivity index (χ3n) is 15.7. The molecule has 53 heavy (non-hydrogen) atoms. The zero-order chi connectivity index (χ0) is 38.5. The van der Waals surface area contributed by atoms with Crippen molar-refractivity contribution in [3.05, 3.63) is 40.4 Å². The summed E-state index contributed by atoms with van der Waals surface area (Å²) in [5, 5.41) is 22.7. The Morgan fingerprint density at radius 1 is 0.962 bits per heavy atom. The van der Waals surface area contributed by atoms with Crippen LogP contribution in [0, 0.1) is 50.7 Å². The van der Waals surface area contributed by atoms with Crippen molar-refractivity contribution >= 4 is 35.3 Å². The Bertz CT molecular complexity index is 1850. The van der Waals surface area contributed by atoms with Gasteiger partial charge in [0.05, 0.1) is 17.4 Å². The van der Waals surface area contributed by atoms with E-state index in [0.29, 0.717) is 35.2 Å². The van der Waals surface area contributed by atoms with Crippen LogP contribution in [0.4, 0.5) is 6.01 Å². The number of rotatable bonds is 8. The van der Waals surface area contributed by atoms with Crippen molar-refractivity contribution in [2.45, 2.75) is 138 Å². The van der Waals surface area contributed by atoms with Crippen molar-refractivity contribution in [3.63, 3.8) is 0 Å². The van der Waals surface area contributed by atoms with E-state index in [9.17, 15) is 19.5 Å². The second kappa shape index (κ2) is 12.7. The second-order valence-corrected chi connectivity index (χ2v) is 20.0. The molecular weight excluding hydrogens is 690 g/mol. The summed E-state index contributed by atoms with van der Waals surface area (Å²) in [5.41, 5.74) is 1.17. The van der Waals surface area contributed by atoms with Gasteiger partial charge < -0.3 is 19.6 Å². The summed E-state index contributed by atoms with van der Waals surface area (Å²) in [7, 11) is 0. The van der Waals surface area contributed by atoms with Crippen LogP contribution >= 0.6 is 11.6 Å². The van der Waals surface area contributed by atoms with Gasteiger partial charge in [0.15, 0.2) is 5.78 Å². The molecule has 0 radical (unpaired) electrons. The maximum absolute atomic E-state index is 14.1. The number of allylic oxidation sites excluding steroid dienone is 1. The lowest BCUT2D eigenvalue weighted by atomic mass is 9.33. The predicted octanol–water partition coefficient (Wildman–Crippen LogP) is 9.95. The van der Waals surface area contributed by atoms with Crippen LogP contribution in [0.15, 0.2) is 39.8 Å². The van der Waals surface area contributed by atoms with Gasteiger partial charge in [-0.2, -0.15) is 0 Å². The van der Waals surface area contributed by atoms with Crippen LogP contribution in [0.2, 0.25) is 5.02 Å². The maximum Gasteiger partial charge on any atom is 0.316 e. The molecule has 1 aromatic carbocycles. The molecule has 0 aliphatic heterocycles. The molecule has 4 saturated carbocycles. The van der Waals surface area contributed by atoms with Crippen LogP contribution in [0.5, 0.6) is 0 Å². The molecule has 0 unspecified atom stereocenters. The highest BCUT2D eigenvalue weighted by atomic mass is 35.5. The van der Waals surface area contributed by atoms with Gasteiger partial charge in [-0.25, -0.2) is 0 Å². The Hall–Kier alpha value is -3.20. The highest BCUT2D eigenvalue weighted by Gasteiger charge is 2.70. The first-order valence-corrected chi connectivity index (χ1v) is 20.1. The summed E-state index contributed by atoms with van der Waals surface area (Å²) in [6.07, 6.45) is 7.79. The Morgan fingerprint density at radius 2 is 1.66 bits per heavy atom. The van der Waals surface area contributed by atoms with Gasteiger partial charge in [0.25, 0.3) is 0 Å². The van der Waals surface area contributed by atoms with Crippen molar-refractivity contribution < 1.29 is 28.6 Å². The minimum absolute atomic E-state index is 0.0195. The van der Waals surface area contributed by atoms with Crippen LogP contribution in [0.25, 0.3) is 11.5 Å². The Morgan fingerprint density at radius 3 is 2.32 bits per heavy atom. The third kappa shape index (κ3) is 5.80. The number of hydrogen-bond donors (Lipinski definition) is 2. The van der Waals surface area contributed by atoms with Crippen LogP contribution in [-0.4, -0.2) is 44.7 Å². The topological polar surface area (TPSA) is 132 Å². The monoisotopic (exact) mass is 747 g/mol. The summed E-state index contributed by atoms with van der Waals surface area (Å²) in [6, 6.07) is 7.68. The number of Topliss-reactive ketones (excluding diaryl/α,β-unsaturated/α-hetero) is 1. The highest BCUT2D eigenvalue weighted by molar-refractivity contribution is 6.30. The zero-order valence-corrected chi connectivity index (χ0v) is 33.8. The largest absolute Gasteiger partial charge is 0.481 e. The molecule has 4 fully saturated rings. The number of carbonyl (C=O) groups is 3. The van der Waals surface area contributed by atoms with Gasteiger partial charge >= 0.3 is 18.0 Å². The van der Waals surface area contributed by atoms with Crippen LogP contribution < -0.4 is 5.32 Å². The number of aliphatic carboxylic acids is 1. The Kier molecular flexibility index (Phi) is 9.11. The van der Waals surface area contributed by atoms with Crippen LogP contribution in [0.3, 0.4) is 0 Å². The minimum Gasteiger partial charge on any atom is -0.481 e. The van der Waals surface area contributed by atoms with E-state index in [1.807, 2.05) is 12.1 Å². The Balaban J connectivity index is 1.17. The molecule has 2 N–H and O–H groups in total. The number of fused-ring (bicyclic) bond motifs is 7. The molecule has 10 heteroatoms. The number of nitrogens with one attached hydrogen (secondary N) is 1.